The molecule has 9 heteroatoms. The third kappa shape index (κ3) is 3.46. The quantitative estimate of drug-likeness (QED) is 0.844. The summed E-state index contributed by atoms with van der Waals surface area (Å²) in [6.45, 7) is 7.83. The Bertz CT molecular complexity index is 736. The van der Waals surface area contributed by atoms with Gasteiger partial charge in [0.15, 0.2) is 5.82 Å². The van der Waals surface area contributed by atoms with E-state index in [4.69, 9.17) is 4.74 Å². The number of carbonyl (C=O) groups is 1. The summed E-state index contributed by atoms with van der Waals surface area (Å²) in [5.41, 5.74) is 2.55. The van der Waals surface area contributed by atoms with E-state index < -0.39 is 0 Å². The highest BCUT2D eigenvalue weighted by molar-refractivity contribution is 5.93. The Morgan fingerprint density at radius 3 is 2.83 bits per heavy atom. The summed E-state index contributed by atoms with van der Waals surface area (Å²) in [7, 11) is 1.86. The van der Waals surface area contributed by atoms with Crippen LogP contribution in [0.5, 0.6) is 0 Å². The SMILES string of the molecule is Cc1nc([C@H]2CN(CC(=O)Nc3c(C)nn(C)c3C)CCO2)n[nH]1. The van der Waals surface area contributed by atoms with Gasteiger partial charge < -0.3 is 10.1 Å². The molecule has 1 fully saturated rings. The number of anilines is 1. The Labute approximate surface area is 140 Å². The van der Waals surface area contributed by atoms with Crippen molar-refractivity contribution in [3.05, 3.63) is 23.0 Å². The van der Waals surface area contributed by atoms with E-state index in [1.54, 1.807) is 4.68 Å². The number of rotatable bonds is 4. The van der Waals surface area contributed by atoms with Gasteiger partial charge >= 0.3 is 0 Å². The lowest BCUT2D eigenvalue weighted by Gasteiger charge is -2.30. The molecular formula is C15H23N7O2. The molecule has 0 bridgehead atoms. The maximum atomic E-state index is 12.4. The summed E-state index contributed by atoms with van der Waals surface area (Å²) >= 11 is 0. The van der Waals surface area contributed by atoms with E-state index in [0.29, 0.717) is 32.1 Å². The average molecular weight is 333 g/mol. The minimum absolute atomic E-state index is 0.0546. The Balaban J connectivity index is 1.60. The molecule has 0 radical (unpaired) electrons. The van der Waals surface area contributed by atoms with Crippen LogP contribution in [0.3, 0.4) is 0 Å². The molecule has 2 aromatic heterocycles. The van der Waals surface area contributed by atoms with Crippen LogP contribution in [-0.4, -0.2) is 62.0 Å². The van der Waals surface area contributed by atoms with E-state index in [2.05, 4.69) is 30.5 Å². The monoisotopic (exact) mass is 333 g/mol. The standard InChI is InChI=1S/C15H23N7O2/c1-9-14(10(2)21(4)20-9)17-13(23)8-22-5-6-24-12(7-22)15-16-11(3)18-19-15/h12H,5-8H2,1-4H3,(H,17,23)(H,16,18,19)/t12-/m1/s1. The predicted octanol–water partition coefficient (Wildman–Crippen LogP) is 0.475. The van der Waals surface area contributed by atoms with Crippen LogP contribution in [0.25, 0.3) is 0 Å². The maximum absolute atomic E-state index is 12.4. The molecule has 0 aliphatic carbocycles. The van der Waals surface area contributed by atoms with Crippen LogP contribution >= 0.6 is 0 Å². The van der Waals surface area contributed by atoms with Crippen molar-refractivity contribution in [2.45, 2.75) is 26.9 Å². The van der Waals surface area contributed by atoms with E-state index in [9.17, 15) is 4.79 Å². The van der Waals surface area contributed by atoms with E-state index in [0.717, 1.165) is 22.9 Å². The number of aryl methyl sites for hydroxylation is 3. The third-order valence-electron chi connectivity index (χ3n) is 4.19. The van der Waals surface area contributed by atoms with Crippen molar-refractivity contribution in [2.75, 3.05) is 31.6 Å². The molecule has 0 unspecified atom stereocenters. The normalized spacial score (nSPS) is 18.8. The summed E-state index contributed by atoms with van der Waals surface area (Å²) in [6, 6.07) is 0. The van der Waals surface area contributed by atoms with E-state index in [-0.39, 0.29) is 12.0 Å². The van der Waals surface area contributed by atoms with Crippen molar-refractivity contribution in [2.24, 2.45) is 7.05 Å². The van der Waals surface area contributed by atoms with E-state index in [1.165, 1.54) is 0 Å². The van der Waals surface area contributed by atoms with Crippen molar-refractivity contribution in [3.63, 3.8) is 0 Å². The largest absolute Gasteiger partial charge is 0.367 e. The fraction of sp³-hybridized carbons (Fsp3) is 0.600. The van der Waals surface area contributed by atoms with Gasteiger partial charge in [-0.2, -0.15) is 10.2 Å². The summed E-state index contributed by atoms with van der Waals surface area (Å²) in [4.78, 5) is 18.7. The van der Waals surface area contributed by atoms with Crippen LogP contribution in [-0.2, 0) is 16.6 Å². The van der Waals surface area contributed by atoms with Gasteiger partial charge in [-0.3, -0.25) is 19.5 Å². The molecule has 0 aromatic carbocycles. The molecule has 24 heavy (non-hydrogen) atoms. The van der Waals surface area contributed by atoms with E-state index in [1.807, 2.05) is 27.8 Å². The van der Waals surface area contributed by atoms with Gasteiger partial charge in [-0.15, -0.1) is 0 Å². The molecule has 1 saturated heterocycles. The molecule has 3 heterocycles. The van der Waals surface area contributed by atoms with Gasteiger partial charge in [-0.05, 0) is 20.8 Å². The fourth-order valence-electron chi connectivity index (χ4n) is 2.84. The number of nitrogens with zero attached hydrogens (tertiary/aromatic N) is 5. The van der Waals surface area contributed by atoms with Gasteiger partial charge in [0.1, 0.15) is 11.9 Å². The highest BCUT2D eigenvalue weighted by atomic mass is 16.5. The summed E-state index contributed by atoms with van der Waals surface area (Å²) in [5, 5.41) is 14.2. The molecule has 9 nitrogen and oxygen atoms in total. The summed E-state index contributed by atoms with van der Waals surface area (Å²) in [6.07, 6.45) is -0.210. The first-order valence-electron chi connectivity index (χ1n) is 7.97. The van der Waals surface area contributed by atoms with Crippen molar-refractivity contribution >= 4 is 11.6 Å². The fourth-order valence-corrected chi connectivity index (χ4v) is 2.84. The Morgan fingerprint density at radius 2 is 2.21 bits per heavy atom. The second-order valence-electron chi connectivity index (χ2n) is 6.09. The van der Waals surface area contributed by atoms with Gasteiger partial charge in [0.05, 0.1) is 30.2 Å². The molecule has 1 aliphatic rings. The Morgan fingerprint density at radius 1 is 1.42 bits per heavy atom. The first-order chi connectivity index (χ1) is 11.4. The number of ether oxygens (including phenoxy) is 1. The van der Waals surface area contributed by atoms with Crippen molar-refractivity contribution < 1.29 is 9.53 Å². The smallest absolute Gasteiger partial charge is 0.238 e. The number of hydrogen-bond donors (Lipinski definition) is 2. The molecule has 3 rings (SSSR count). The Kier molecular flexibility index (Phi) is 4.63. The number of nitrogens with one attached hydrogen (secondary N) is 2. The van der Waals surface area contributed by atoms with Crippen LogP contribution < -0.4 is 5.32 Å². The second-order valence-corrected chi connectivity index (χ2v) is 6.09. The summed E-state index contributed by atoms with van der Waals surface area (Å²) in [5.74, 6) is 1.34. The lowest BCUT2D eigenvalue weighted by molar-refractivity contribution is -0.119. The zero-order chi connectivity index (χ0) is 17.3. The highest BCUT2D eigenvalue weighted by Crippen LogP contribution is 2.20. The molecule has 0 saturated carbocycles. The third-order valence-corrected chi connectivity index (χ3v) is 4.19. The first kappa shape index (κ1) is 16.6. The molecule has 1 aliphatic heterocycles. The van der Waals surface area contributed by atoms with Crippen LogP contribution in [0.15, 0.2) is 0 Å². The van der Waals surface area contributed by atoms with Crippen LogP contribution in [0.1, 0.15) is 29.1 Å². The topological polar surface area (TPSA) is 101 Å². The molecule has 2 aromatic rings. The van der Waals surface area contributed by atoms with Gasteiger partial charge in [-0.25, -0.2) is 4.98 Å². The second kappa shape index (κ2) is 6.70. The molecule has 1 atom stereocenters. The number of amides is 1. The molecule has 1 amide bonds. The minimum Gasteiger partial charge on any atom is -0.367 e. The van der Waals surface area contributed by atoms with Crippen molar-refractivity contribution in [1.82, 2.24) is 29.9 Å². The number of aromatic amines is 1. The van der Waals surface area contributed by atoms with Crippen LogP contribution in [0.2, 0.25) is 0 Å². The zero-order valence-corrected chi connectivity index (χ0v) is 14.5. The minimum atomic E-state index is -0.210. The number of aromatic nitrogens is 5. The van der Waals surface area contributed by atoms with Gasteiger partial charge in [0.2, 0.25) is 5.91 Å². The molecular weight excluding hydrogens is 310 g/mol. The number of carbonyl (C=O) groups excluding carboxylic acids is 1. The zero-order valence-electron chi connectivity index (χ0n) is 14.5. The molecule has 0 spiro atoms. The predicted molar refractivity (Wildman–Crippen MR) is 87.6 cm³/mol. The average Bonchev–Trinajstić information content (AvgIpc) is 3.07. The number of H-pyrrole nitrogens is 1. The van der Waals surface area contributed by atoms with Gasteiger partial charge in [0, 0.05) is 20.1 Å². The van der Waals surface area contributed by atoms with Crippen LogP contribution in [0, 0.1) is 20.8 Å². The van der Waals surface area contributed by atoms with Crippen molar-refractivity contribution in [1.29, 1.82) is 0 Å². The van der Waals surface area contributed by atoms with Gasteiger partial charge in [0.25, 0.3) is 0 Å². The lowest BCUT2D eigenvalue weighted by atomic mass is 10.2. The van der Waals surface area contributed by atoms with Crippen molar-refractivity contribution in [3.8, 4) is 0 Å². The molecule has 130 valence electrons. The highest BCUT2D eigenvalue weighted by Gasteiger charge is 2.26. The number of morpholine rings is 1. The summed E-state index contributed by atoms with van der Waals surface area (Å²) < 4.78 is 7.48. The number of hydrogen-bond acceptors (Lipinski definition) is 6. The Hall–Kier alpha value is -2.26. The van der Waals surface area contributed by atoms with E-state index >= 15 is 0 Å². The van der Waals surface area contributed by atoms with Gasteiger partial charge in [-0.1, -0.05) is 0 Å². The first-order valence-corrected chi connectivity index (χ1v) is 7.97. The van der Waals surface area contributed by atoms with Crippen LogP contribution in [0.4, 0.5) is 5.69 Å². The molecule has 2 N–H and O–H groups in total. The maximum Gasteiger partial charge on any atom is 0.238 e. The lowest BCUT2D eigenvalue weighted by Crippen LogP contribution is -2.42.